The van der Waals surface area contributed by atoms with Crippen LogP contribution in [0.5, 0.6) is 11.5 Å². The van der Waals surface area contributed by atoms with Crippen molar-refractivity contribution in [1.29, 1.82) is 0 Å². The van der Waals surface area contributed by atoms with Gasteiger partial charge in [-0.2, -0.15) is 0 Å². The van der Waals surface area contributed by atoms with Crippen molar-refractivity contribution >= 4 is 17.9 Å². The van der Waals surface area contributed by atoms with Crippen LogP contribution in [-0.4, -0.2) is 26.1 Å². The summed E-state index contributed by atoms with van der Waals surface area (Å²) in [6.45, 7) is 0. The lowest BCUT2D eigenvalue weighted by Gasteiger charge is -2.07. The number of carbonyl (C=O) groups excluding carboxylic acids is 1. The molecule has 1 heterocycles. The van der Waals surface area contributed by atoms with E-state index in [0.29, 0.717) is 17.1 Å². The predicted molar refractivity (Wildman–Crippen MR) is 67.3 cm³/mol. The quantitative estimate of drug-likeness (QED) is 0.761. The van der Waals surface area contributed by atoms with Crippen LogP contribution in [0, 0.1) is 0 Å². The molecule has 1 amide bonds. The third kappa shape index (κ3) is 2.27. The van der Waals surface area contributed by atoms with Crippen molar-refractivity contribution < 1.29 is 14.3 Å². The standard InChI is InChI=1S/C12H13N3O3/c1-17-8-3-4-10(18-2)7(5-8)6-9-11(16)15-12(13)14-9/h3-6H,1-2H3,(H3,13,14,15,16)/b9-6-. The second kappa shape index (κ2) is 4.79. The lowest BCUT2D eigenvalue weighted by Crippen LogP contribution is -2.30. The smallest absolute Gasteiger partial charge is 0.276 e. The minimum atomic E-state index is -0.336. The Morgan fingerprint density at radius 2 is 2.11 bits per heavy atom. The highest BCUT2D eigenvalue weighted by molar-refractivity contribution is 6.13. The van der Waals surface area contributed by atoms with Gasteiger partial charge in [0.25, 0.3) is 5.91 Å². The third-order valence-corrected chi connectivity index (χ3v) is 2.44. The molecule has 2 rings (SSSR count). The Hall–Kier alpha value is -2.50. The molecule has 0 aromatic heterocycles. The van der Waals surface area contributed by atoms with E-state index in [1.54, 1.807) is 38.5 Å². The number of nitrogens with two attached hydrogens (primary N) is 1. The van der Waals surface area contributed by atoms with Crippen molar-refractivity contribution in [3.05, 3.63) is 29.5 Å². The Kier molecular flexibility index (Phi) is 3.18. The molecule has 3 N–H and O–H groups in total. The average molecular weight is 247 g/mol. The maximum atomic E-state index is 11.5. The molecular formula is C12H13N3O3. The third-order valence-electron chi connectivity index (χ3n) is 2.44. The van der Waals surface area contributed by atoms with Gasteiger partial charge >= 0.3 is 0 Å². The zero-order valence-corrected chi connectivity index (χ0v) is 10.1. The number of guanidine groups is 1. The predicted octanol–water partition coefficient (Wildman–Crippen LogP) is 0.489. The molecule has 1 aliphatic heterocycles. The van der Waals surface area contributed by atoms with Crippen LogP contribution in [0.3, 0.4) is 0 Å². The summed E-state index contributed by atoms with van der Waals surface area (Å²) < 4.78 is 10.3. The van der Waals surface area contributed by atoms with E-state index in [1.807, 2.05) is 0 Å². The first-order valence-electron chi connectivity index (χ1n) is 5.23. The Balaban J connectivity index is 2.44. The number of benzene rings is 1. The van der Waals surface area contributed by atoms with Crippen molar-refractivity contribution in [3.63, 3.8) is 0 Å². The second-order valence-electron chi connectivity index (χ2n) is 3.59. The molecular weight excluding hydrogens is 234 g/mol. The number of methoxy groups -OCH3 is 2. The first-order chi connectivity index (χ1) is 8.63. The molecule has 1 aromatic rings. The number of carbonyl (C=O) groups is 1. The largest absolute Gasteiger partial charge is 0.497 e. The molecule has 0 saturated carbocycles. The Morgan fingerprint density at radius 1 is 1.33 bits per heavy atom. The van der Waals surface area contributed by atoms with E-state index in [0.717, 1.165) is 0 Å². The Morgan fingerprint density at radius 3 is 2.67 bits per heavy atom. The highest BCUT2D eigenvalue weighted by Crippen LogP contribution is 2.26. The van der Waals surface area contributed by atoms with Crippen LogP contribution in [0.25, 0.3) is 6.08 Å². The molecule has 0 aliphatic carbocycles. The molecule has 0 atom stereocenters. The molecule has 94 valence electrons. The van der Waals surface area contributed by atoms with Gasteiger partial charge in [0.1, 0.15) is 17.2 Å². The lowest BCUT2D eigenvalue weighted by molar-refractivity contribution is -0.115. The molecule has 18 heavy (non-hydrogen) atoms. The first kappa shape index (κ1) is 12.0. The fourth-order valence-corrected chi connectivity index (χ4v) is 1.59. The fraction of sp³-hybridized carbons (Fsp3) is 0.167. The van der Waals surface area contributed by atoms with Gasteiger partial charge in [0.15, 0.2) is 0 Å². The van der Waals surface area contributed by atoms with Gasteiger partial charge in [0, 0.05) is 5.56 Å². The Labute approximate surface area is 104 Å². The normalized spacial score (nSPS) is 16.4. The topological polar surface area (TPSA) is 85.9 Å². The molecule has 1 aliphatic rings. The number of amides is 1. The summed E-state index contributed by atoms with van der Waals surface area (Å²) in [6, 6.07) is 5.28. The first-order valence-corrected chi connectivity index (χ1v) is 5.23. The van der Waals surface area contributed by atoms with Gasteiger partial charge in [-0.3, -0.25) is 10.1 Å². The molecule has 0 fully saturated rings. The number of hydrogen-bond acceptors (Lipinski definition) is 5. The minimum absolute atomic E-state index is 0.0908. The van der Waals surface area contributed by atoms with Gasteiger partial charge in [-0.15, -0.1) is 0 Å². The number of hydrogen-bond donors (Lipinski definition) is 2. The molecule has 0 saturated heterocycles. The summed E-state index contributed by atoms with van der Waals surface area (Å²) in [5, 5.41) is 2.40. The number of rotatable bonds is 3. The van der Waals surface area contributed by atoms with Crippen molar-refractivity contribution in [2.24, 2.45) is 10.7 Å². The van der Waals surface area contributed by atoms with Crippen molar-refractivity contribution in [2.75, 3.05) is 14.2 Å². The van der Waals surface area contributed by atoms with Gasteiger partial charge < -0.3 is 15.2 Å². The van der Waals surface area contributed by atoms with E-state index >= 15 is 0 Å². The van der Waals surface area contributed by atoms with E-state index in [-0.39, 0.29) is 17.6 Å². The zero-order chi connectivity index (χ0) is 13.1. The number of nitrogens with zero attached hydrogens (tertiary/aromatic N) is 1. The van der Waals surface area contributed by atoms with Crippen LogP contribution in [-0.2, 0) is 4.79 Å². The summed E-state index contributed by atoms with van der Waals surface area (Å²) in [4.78, 5) is 15.4. The van der Waals surface area contributed by atoms with E-state index in [4.69, 9.17) is 15.2 Å². The summed E-state index contributed by atoms with van der Waals surface area (Å²) in [6.07, 6.45) is 1.59. The SMILES string of the molecule is COc1ccc(OC)c(/C=C2\N=C(N)NC2=O)c1. The van der Waals surface area contributed by atoms with Crippen LogP contribution in [0.15, 0.2) is 28.9 Å². The van der Waals surface area contributed by atoms with Gasteiger partial charge in [-0.1, -0.05) is 0 Å². The van der Waals surface area contributed by atoms with Crippen LogP contribution in [0.4, 0.5) is 0 Å². The van der Waals surface area contributed by atoms with E-state index in [1.165, 1.54) is 0 Å². The second-order valence-corrected chi connectivity index (χ2v) is 3.59. The lowest BCUT2D eigenvalue weighted by atomic mass is 10.1. The minimum Gasteiger partial charge on any atom is -0.497 e. The molecule has 0 bridgehead atoms. The van der Waals surface area contributed by atoms with Crippen molar-refractivity contribution in [3.8, 4) is 11.5 Å². The summed E-state index contributed by atoms with van der Waals surface area (Å²) in [7, 11) is 3.12. The van der Waals surface area contributed by atoms with Crippen LogP contribution in [0.2, 0.25) is 0 Å². The average Bonchev–Trinajstić information content (AvgIpc) is 2.67. The van der Waals surface area contributed by atoms with E-state index in [2.05, 4.69) is 10.3 Å². The van der Waals surface area contributed by atoms with Gasteiger partial charge in [0.2, 0.25) is 5.96 Å². The summed E-state index contributed by atoms with van der Waals surface area (Å²) in [5.41, 5.74) is 6.35. The van der Waals surface area contributed by atoms with Crippen molar-refractivity contribution in [1.82, 2.24) is 5.32 Å². The molecule has 6 heteroatoms. The van der Waals surface area contributed by atoms with Gasteiger partial charge in [0.05, 0.1) is 14.2 Å². The van der Waals surface area contributed by atoms with E-state index in [9.17, 15) is 4.79 Å². The molecule has 0 spiro atoms. The van der Waals surface area contributed by atoms with Gasteiger partial charge in [-0.25, -0.2) is 4.99 Å². The molecule has 0 unspecified atom stereocenters. The molecule has 6 nitrogen and oxygen atoms in total. The molecule has 0 radical (unpaired) electrons. The van der Waals surface area contributed by atoms with Gasteiger partial charge in [-0.05, 0) is 24.3 Å². The Bertz CT molecular complexity index is 549. The number of ether oxygens (including phenoxy) is 2. The van der Waals surface area contributed by atoms with Crippen LogP contribution in [0.1, 0.15) is 5.56 Å². The zero-order valence-electron chi connectivity index (χ0n) is 10.1. The van der Waals surface area contributed by atoms with Crippen molar-refractivity contribution in [2.45, 2.75) is 0 Å². The fourth-order valence-electron chi connectivity index (χ4n) is 1.59. The maximum Gasteiger partial charge on any atom is 0.276 e. The number of aliphatic imine (C=N–C) groups is 1. The molecule has 1 aromatic carbocycles. The van der Waals surface area contributed by atoms with Crippen LogP contribution >= 0.6 is 0 Å². The van der Waals surface area contributed by atoms with E-state index < -0.39 is 0 Å². The maximum absolute atomic E-state index is 11.5. The van der Waals surface area contributed by atoms with Crippen LogP contribution < -0.4 is 20.5 Å². The highest BCUT2D eigenvalue weighted by Gasteiger charge is 2.18. The number of nitrogens with one attached hydrogen (secondary N) is 1. The summed E-state index contributed by atoms with van der Waals surface area (Å²) >= 11 is 0. The summed E-state index contributed by atoms with van der Waals surface area (Å²) in [5.74, 6) is 1.04. The monoisotopic (exact) mass is 247 g/mol. The highest BCUT2D eigenvalue weighted by atomic mass is 16.5.